The highest BCUT2D eigenvalue weighted by atomic mass is 16.5. The van der Waals surface area contributed by atoms with E-state index in [0.29, 0.717) is 17.1 Å². The van der Waals surface area contributed by atoms with Crippen LogP contribution in [-0.4, -0.2) is 18.0 Å². The Morgan fingerprint density at radius 3 is 2.35 bits per heavy atom. The summed E-state index contributed by atoms with van der Waals surface area (Å²) < 4.78 is 5.09. The van der Waals surface area contributed by atoms with E-state index in [1.54, 1.807) is 43.6 Å². The van der Waals surface area contributed by atoms with E-state index in [1.165, 1.54) is 11.1 Å². The highest BCUT2D eigenvalue weighted by molar-refractivity contribution is 6.03. The Kier molecular flexibility index (Phi) is 5.49. The van der Waals surface area contributed by atoms with Crippen molar-refractivity contribution in [1.82, 2.24) is 4.98 Å². The first-order valence-corrected chi connectivity index (χ1v) is 8.35. The van der Waals surface area contributed by atoms with Gasteiger partial charge in [-0.25, -0.2) is 4.98 Å². The number of ether oxygens (including phenoxy) is 1. The molecule has 0 radical (unpaired) electrons. The predicted molar refractivity (Wildman–Crippen MR) is 104 cm³/mol. The summed E-state index contributed by atoms with van der Waals surface area (Å²) in [6, 6.07) is 19.0. The first-order valence-electron chi connectivity index (χ1n) is 8.35. The Balaban J connectivity index is 1.56. The summed E-state index contributed by atoms with van der Waals surface area (Å²) in [6.45, 7) is 2.79. The summed E-state index contributed by atoms with van der Waals surface area (Å²) in [5.41, 5.74) is 3.89. The SMILES string of the molecule is COc1ccc(C(=O)Nc2ccc(NCc3ccc(C)cc3)cn2)cc1. The van der Waals surface area contributed by atoms with Gasteiger partial charge in [0.05, 0.1) is 19.0 Å². The molecule has 0 aliphatic carbocycles. The lowest BCUT2D eigenvalue weighted by Crippen LogP contribution is -2.12. The van der Waals surface area contributed by atoms with E-state index < -0.39 is 0 Å². The van der Waals surface area contributed by atoms with Crippen molar-refractivity contribution in [1.29, 1.82) is 0 Å². The molecule has 0 fully saturated rings. The van der Waals surface area contributed by atoms with Crippen molar-refractivity contribution < 1.29 is 9.53 Å². The largest absolute Gasteiger partial charge is 0.497 e. The number of anilines is 2. The minimum atomic E-state index is -0.208. The van der Waals surface area contributed by atoms with Gasteiger partial charge in [0.2, 0.25) is 0 Å². The van der Waals surface area contributed by atoms with Crippen LogP contribution in [0.5, 0.6) is 5.75 Å². The molecule has 2 N–H and O–H groups in total. The predicted octanol–water partition coefficient (Wildman–Crippen LogP) is 4.26. The quantitative estimate of drug-likeness (QED) is 0.699. The van der Waals surface area contributed by atoms with Crippen molar-refractivity contribution in [3.8, 4) is 5.75 Å². The minimum Gasteiger partial charge on any atom is -0.497 e. The van der Waals surface area contributed by atoms with Crippen LogP contribution in [0.1, 0.15) is 21.5 Å². The van der Waals surface area contributed by atoms with Gasteiger partial charge in [-0.1, -0.05) is 29.8 Å². The van der Waals surface area contributed by atoms with Gasteiger partial charge in [0.1, 0.15) is 11.6 Å². The molecule has 1 amide bonds. The van der Waals surface area contributed by atoms with Crippen molar-refractivity contribution >= 4 is 17.4 Å². The molecule has 3 rings (SSSR count). The normalized spacial score (nSPS) is 10.2. The highest BCUT2D eigenvalue weighted by Crippen LogP contribution is 2.15. The molecule has 0 spiro atoms. The van der Waals surface area contributed by atoms with Crippen LogP contribution in [0, 0.1) is 6.92 Å². The molecule has 0 saturated carbocycles. The molecule has 0 aliphatic rings. The summed E-state index contributed by atoms with van der Waals surface area (Å²) in [7, 11) is 1.59. The minimum absolute atomic E-state index is 0.208. The third kappa shape index (κ3) is 4.60. The van der Waals surface area contributed by atoms with Gasteiger partial charge in [0.25, 0.3) is 5.91 Å². The number of nitrogens with one attached hydrogen (secondary N) is 2. The Labute approximate surface area is 153 Å². The molecule has 26 heavy (non-hydrogen) atoms. The standard InChI is InChI=1S/C21H21N3O2/c1-15-3-5-16(6-4-15)13-22-18-9-12-20(23-14-18)24-21(25)17-7-10-19(26-2)11-8-17/h3-12,14,22H,13H2,1-2H3,(H,23,24,25). The van der Waals surface area contributed by atoms with Crippen molar-refractivity contribution in [2.24, 2.45) is 0 Å². The number of aromatic nitrogens is 1. The fraction of sp³-hybridized carbons (Fsp3) is 0.143. The molecule has 0 bridgehead atoms. The van der Waals surface area contributed by atoms with Gasteiger partial charge in [-0.2, -0.15) is 0 Å². The molecule has 2 aromatic carbocycles. The molecule has 5 nitrogen and oxygen atoms in total. The van der Waals surface area contributed by atoms with Gasteiger partial charge >= 0.3 is 0 Å². The maximum absolute atomic E-state index is 12.2. The van der Waals surface area contributed by atoms with E-state index in [9.17, 15) is 4.79 Å². The summed E-state index contributed by atoms with van der Waals surface area (Å²) >= 11 is 0. The highest BCUT2D eigenvalue weighted by Gasteiger charge is 2.07. The van der Waals surface area contributed by atoms with E-state index in [0.717, 1.165) is 12.2 Å². The number of carbonyl (C=O) groups excluding carboxylic acids is 1. The first kappa shape index (κ1) is 17.5. The number of hydrogen-bond donors (Lipinski definition) is 2. The number of pyridine rings is 1. The Morgan fingerprint density at radius 2 is 1.73 bits per heavy atom. The number of methoxy groups -OCH3 is 1. The third-order valence-electron chi connectivity index (χ3n) is 3.97. The third-order valence-corrected chi connectivity index (χ3v) is 3.97. The van der Waals surface area contributed by atoms with Crippen molar-refractivity contribution in [2.75, 3.05) is 17.7 Å². The van der Waals surface area contributed by atoms with Gasteiger partial charge < -0.3 is 15.4 Å². The second-order valence-corrected chi connectivity index (χ2v) is 5.95. The number of benzene rings is 2. The summed E-state index contributed by atoms with van der Waals surface area (Å²) in [6.07, 6.45) is 1.71. The Bertz CT molecular complexity index is 857. The van der Waals surface area contributed by atoms with Crippen LogP contribution in [-0.2, 0) is 6.54 Å². The fourth-order valence-electron chi connectivity index (χ4n) is 2.41. The Morgan fingerprint density at radius 1 is 1.00 bits per heavy atom. The lowest BCUT2D eigenvalue weighted by Gasteiger charge is -2.09. The molecule has 0 unspecified atom stereocenters. The molecule has 1 aromatic heterocycles. The number of aryl methyl sites for hydroxylation is 1. The van der Waals surface area contributed by atoms with E-state index >= 15 is 0 Å². The van der Waals surface area contributed by atoms with Crippen molar-refractivity contribution in [3.05, 3.63) is 83.6 Å². The molecule has 0 atom stereocenters. The molecular weight excluding hydrogens is 326 g/mol. The summed E-state index contributed by atoms with van der Waals surface area (Å²) in [4.78, 5) is 16.5. The van der Waals surface area contributed by atoms with Gasteiger partial charge in [0.15, 0.2) is 0 Å². The van der Waals surface area contributed by atoms with Crippen molar-refractivity contribution in [2.45, 2.75) is 13.5 Å². The van der Waals surface area contributed by atoms with Gasteiger partial charge in [0, 0.05) is 12.1 Å². The lowest BCUT2D eigenvalue weighted by molar-refractivity contribution is 0.102. The van der Waals surface area contributed by atoms with Crippen LogP contribution >= 0.6 is 0 Å². The van der Waals surface area contributed by atoms with E-state index in [2.05, 4.69) is 46.8 Å². The van der Waals surface area contributed by atoms with Crippen LogP contribution < -0.4 is 15.4 Å². The van der Waals surface area contributed by atoms with Crippen LogP contribution in [0.2, 0.25) is 0 Å². The fourth-order valence-corrected chi connectivity index (χ4v) is 2.41. The summed E-state index contributed by atoms with van der Waals surface area (Å²) in [5.74, 6) is 1.01. The first-order chi connectivity index (χ1) is 12.6. The lowest BCUT2D eigenvalue weighted by atomic mass is 10.1. The van der Waals surface area contributed by atoms with E-state index in [-0.39, 0.29) is 5.91 Å². The van der Waals surface area contributed by atoms with E-state index in [1.807, 2.05) is 6.07 Å². The zero-order valence-corrected chi connectivity index (χ0v) is 14.8. The molecule has 0 aliphatic heterocycles. The van der Waals surface area contributed by atoms with Crippen LogP contribution in [0.4, 0.5) is 11.5 Å². The monoisotopic (exact) mass is 347 g/mol. The zero-order valence-electron chi connectivity index (χ0n) is 14.8. The smallest absolute Gasteiger partial charge is 0.256 e. The molecular formula is C21H21N3O2. The Hall–Kier alpha value is -3.34. The second-order valence-electron chi connectivity index (χ2n) is 5.95. The maximum Gasteiger partial charge on any atom is 0.256 e. The number of amides is 1. The molecule has 3 aromatic rings. The topological polar surface area (TPSA) is 63.2 Å². The van der Waals surface area contributed by atoms with Crippen LogP contribution in [0.3, 0.4) is 0 Å². The molecule has 132 valence electrons. The number of rotatable bonds is 6. The average Bonchev–Trinajstić information content (AvgIpc) is 2.68. The number of hydrogen-bond acceptors (Lipinski definition) is 4. The van der Waals surface area contributed by atoms with E-state index in [4.69, 9.17) is 4.74 Å². The maximum atomic E-state index is 12.2. The molecule has 5 heteroatoms. The number of nitrogens with zero attached hydrogens (tertiary/aromatic N) is 1. The van der Waals surface area contributed by atoms with Gasteiger partial charge in [-0.15, -0.1) is 0 Å². The average molecular weight is 347 g/mol. The van der Waals surface area contributed by atoms with Crippen LogP contribution in [0.15, 0.2) is 66.9 Å². The molecule has 0 saturated heterocycles. The zero-order chi connectivity index (χ0) is 18.4. The van der Waals surface area contributed by atoms with Crippen molar-refractivity contribution in [3.63, 3.8) is 0 Å². The van der Waals surface area contributed by atoms with Gasteiger partial charge in [-0.3, -0.25) is 4.79 Å². The van der Waals surface area contributed by atoms with Crippen LogP contribution in [0.25, 0.3) is 0 Å². The molecule has 1 heterocycles. The number of carbonyl (C=O) groups is 1. The summed E-state index contributed by atoms with van der Waals surface area (Å²) in [5, 5.41) is 6.10. The second kappa shape index (κ2) is 8.16. The van der Waals surface area contributed by atoms with Gasteiger partial charge in [-0.05, 0) is 48.9 Å².